The number of aryl methyl sites for hydroxylation is 2. The number of hydrogen-bond acceptors (Lipinski definition) is 0. The highest BCUT2D eigenvalue weighted by molar-refractivity contribution is 6.38. The van der Waals surface area contributed by atoms with E-state index in [9.17, 15) is 0 Å². The number of fused-ring (bicyclic) bond motifs is 13. The lowest BCUT2D eigenvalue weighted by Gasteiger charge is -2.56. The first kappa shape index (κ1) is 5.75. The number of rotatable bonds is 0. The Morgan fingerprint density at radius 1 is 0.643 bits per heavy atom. The standard InChI is InChI=1S/C14H10/c1-2-6-5(1)9-10(6)14-12-8-4-3-7(8)11(12)13(9)14/h5-6H,1-4H2. The lowest BCUT2D eigenvalue weighted by molar-refractivity contribution is 0.296. The van der Waals surface area contributed by atoms with Crippen LogP contribution in [-0.4, -0.2) is 0 Å². The fourth-order valence-electron chi connectivity index (χ4n) is 4.52. The van der Waals surface area contributed by atoms with E-state index in [2.05, 4.69) is 0 Å². The monoisotopic (exact) mass is 178 g/mol. The van der Waals surface area contributed by atoms with Crippen LogP contribution in [0.25, 0.3) is 21.5 Å². The van der Waals surface area contributed by atoms with Gasteiger partial charge in [-0.15, -0.1) is 0 Å². The second kappa shape index (κ2) is 1.32. The third-order valence-corrected chi connectivity index (χ3v) is 5.44. The molecule has 3 aromatic carbocycles. The van der Waals surface area contributed by atoms with Crippen molar-refractivity contribution in [3.05, 3.63) is 22.3 Å². The minimum absolute atomic E-state index is 1.03. The van der Waals surface area contributed by atoms with Crippen molar-refractivity contribution in [1.29, 1.82) is 0 Å². The SMILES string of the molecule is C1Cc2c1c1c2c2c3c(c12)C1CCC31. The first-order chi connectivity index (χ1) is 6.97. The van der Waals surface area contributed by atoms with Crippen molar-refractivity contribution < 1.29 is 0 Å². The molecular formula is C14H10. The molecule has 0 radical (unpaired) electrons. The van der Waals surface area contributed by atoms with Gasteiger partial charge in [0.2, 0.25) is 0 Å². The van der Waals surface area contributed by atoms with Crippen molar-refractivity contribution in [1.82, 2.24) is 0 Å². The van der Waals surface area contributed by atoms with E-state index >= 15 is 0 Å². The summed E-state index contributed by atoms with van der Waals surface area (Å²) in [5.74, 6) is 2.06. The molecule has 2 unspecified atom stereocenters. The Balaban J connectivity index is 1.82. The summed E-state index contributed by atoms with van der Waals surface area (Å²) in [5.41, 5.74) is 7.17. The van der Waals surface area contributed by atoms with Gasteiger partial charge < -0.3 is 0 Å². The van der Waals surface area contributed by atoms with Gasteiger partial charge in [0.15, 0.2) is 0 Å². The van der Waals surface area contributed by atoms with Gasteiger partial charge in [-0.1, -0.05) is 0 Å². The number of benzene rings is 2. The molecule has 0 heterocycles. The van der Waals surface area contributed by atoms with E-state index in [1.54, 1.807) is 32.7 Å². The minimum atomic E-state index is 1.03. The summed E-state index contributed by atoms with van der Waals surface area (Å²) in [4.78, 5) is 0. The summed E-state index contributed by atoms with van der Waals surface area (Å²) < 4.78 is 0. The third-order valence-electron chi connectivity index (χ3n) is 5.44. The summed E-state index contributed by atoms with van der Waals surface area (Å²) in [6.07, 6.45) is 5.77. The molecule has 1 saturated carbocycles. The van der Waals surface area contributed by atoms with Gasteiger partial charge >= 0.3 is 0 Å². The molecule has 0 saturated heterocycles. The zero-order chi connectivity index (χ0) is 8.60. The average Bonchev–Trinajstić information content (AvgIpc) is 2.10. The lowest BCUT2D eigenvalue weighted by atomic mass is 9.47. The first-order valence-electron chi connectivity index (χ1n) is 5.93. The first-order valence-corrected chi connectivity index (χ1v) is 5.93. The van der Waals surface area contributed by atoms with E-state index in [-0.39, 0.29) is 0 Å². The molecule has 0 N–H and O–H groups in total. The quantitative estimate of drug-likeness (QED) is 0.495. The van der Waals surface area contributed by atoms with Gasteiger partial charge in [0, 0.05) is 0 Å². The van der Waals surface area contributed by atoms with Crippen LogP contribution in [-0.2, 0) is 12.8 Å². The van der Waals surface area contributed by atoms with Crippen LogP contribution >= 0.6 is 0 Å². The van der Waals surface area contributed by atoms with Gasteiger partial charge in [-0.05, 0) is 81.3 Å². The highest BCUT2D eigenvalue weighted by Crippen LogP contribution is 2.72. The summed E-state index contributed by atoms with van der Waals surface area (Å²) in [6.45, 7) is 0. The van der Waals surface area contributed by atoms with E-state index in [4.69, 9.17) is 0 Å². The molecule has 0 heteroatoms. The maximum atomic E-state index is 1.83. The Kier molecular flexibility index (Phi) is 0.543. The van der Waals surface area contributed by atoms with E-state index in [1.807, 2.05) is 11.1 Å². The molecule has 0 amide bonds. The molecule has 3 aliphatic rings. The summed E-state index contributed by atoms with van der Waals surface area (Å²) in [6, 6.07) is 0. The molecule has 0 aliphatic heterocycles. The molecular weight excluding hydrogens is 168 g/mol. The highest BCUT2D eigenvalue weighted by atomic mass is 14.6. The van der Waals surface area contributed by atoms with Crippen molar-refractivity contribution in [2.24, 2.45) is 0 Å². The van der Waals surface area contributed by atoms with E-state index < -0.39 is 0 Å². The van der Waals surface area contributed by atoms with Gasteiger partial charge in [-0.3, -0.25) is 0 Å². The van der Waals surface area contributed by atoms with Crippen molar-refractivity contribution in [2.75, 3.05) is 0 Å². The summed E-state index contributed by atoms with van der Waals surface area (Å²) in [7, 11) is 0. The summed E-state index contributed by atoms with van der Waals surface area (Å²) >= 11 is 0. The Morgan fingerprint density at radius 3 is 1.50 bits per heavy atom. The fourth-order valence-corrected chi connectivity index (χ4v) is 4.52. The fraction of sp³-hybridized carbons (Fsp3) is 0.429. The normalized spacial score (nSPS) is 32.6. The molecule has 3 aromatic rings. The summed E-state index contributed by atoms with van der Waals surface area (Å²) in [5, 5.41) is 7.00. The predicted molar refractivity (Wildman–Crippen MR) is 57.1 cm³/mol. The largest absolute Gasteiger partial charge is 0.0451 e. The predicted octanol–water partition coefficient (Wildman–Crippen LogP) is 3.38. The second-order valence-corrected chi connectivity index (χ2v) is 5.57. The zero-order valence-corrected chi connectivity index (χ0v) is 7.98. The second-order valence-electron chi connectivity index (χ2n) is 5.57. The van der Waals surface area contributed by atoms with Crippen LogP contribution in [0.5, 0.6) is 0 Å². The molecule has 1 fully saturated rings. The highest BCUT2D eigenvalue weighted by Gasteiger charge is 2.53. The van der Waals surface area contributed by atoms with Gasteiger partial charge in [0.05, 0.1) is 0 Å². The van der Waals surface area contributed by atoms with Crippen LogP contribution in [0, 0.1) is 0 Å². The van der Waals surface area contributed by atoms with Crippen LogP contribution in [0.3, 0.4) is 0 Å². The minimum Gasteiger partial charge on any atom is -0.0451 e. The molecule has 6 rings (SSSR count). The van der Waals surface area contributed by atoms with Gasteiger partial charge in [0.1, 0.15) is 0 Å². The molecule has 14 heavy (non-hydrogen) atoms. The van der Waals surface area contributed by atoms with Crippen LogP contribution in [0.1, 0.15) is 46.9 Å². The maximum Gasteiger partial charge on any atom is -0.00546 e. The van der Waals surface area contributed by atoms with Crippen LogP contribution < -0.4 is 0 Å². The van der Waals surface area contributed by atoms with Crippen LogP contribution in [0.2, 0.25) is 0 Å². The van der Waals surface area contributed by atoms with Crippen LogP contribution in [0.15, 0.2) is 0 Å². The van der Waals surface area contributed by atoms with Crippen molar-refractivity contribution in [3.8, 4) is 0 Å². The van der Waals surface area contributed by atoms with E-state index in [0.717, 1.165) is 11.8 Å². The molecule has 66 valence electrons. The Bertz CT molecular complexity index is 631. The molecule has 2 atom stereocenters. The number of hydrogen-bond donors (Lipinski definition) is 0. The third kappa shape index (κ3) is 0.293. The van der Waals surface area contributed by atoms with Crippen LogP contribution in [0.4, 0.5) is 0 Å². The average molecular weight is 178 g/mol. The Morgan fingerprint density at radius 2 is 1.14 bits per heavy atom. The smallest absolute Gasteiger partial charge is 0.00546 e. The maximum absolute atomic E-state index is 1.83. The Hall–Kier alpha value is -1.04. The lowest BCUT2D eigenvalue weighted by Crippen LogP contribution is -2.38. The molecule has 0 nitrogen and oxygen atoms in total. The van der Waals surface area contributed by atoms with Crippen molar-refractivity contribution in [3.63, 3.8) is 0 Å². The van der Waals surface area contributed by atoms with Crippen molar-refractivity contribution >= 4 is 21.5 Å². The molecule has 0 bridgehead atoms. The molecule has 0 spiro atoms. The van der Waals surface area contributed by atoms with Gasteiger partial charge in [-0.2, -0.15) is 0 Å². The van der Waals surface area contributed by atoms with Gasteiger partial charge in [-0.25, -0.2) is 0 Å². The van der Waals surface area contributed by atoms with E-state index in [1.165, 1.54) is 25.7 Å². The zero-order valence-electron chi connectivity index (χ0n) is 7.98. The van der Waals surface area contributed by atoms with Crippen molar-refractivity contribution in [2.45, 2.75) is 37.5 Å². The Labute approximate surface area is 81.9 Å². The van der Waals surface area contributed by atoms with E-state index in [0.29, 0.717) is 0 Å². The van der Waals surface area contributed by atoms with Gasteiger partial charge in [0.25, 0.3) is 0 Å². The molecule has 3 aliphatic carbocycles. The topological polar surface area (TPSA) is 0 Å². The molecule has 0 aromatic heterocycles.